The molecule has 2 atom stereocenters. The Morgan fingerprint density at radius 1 is 1.11 bits per heavy atom. The number of rotatable bonds is 5. The largest absolute Gasteiger partial charge is 0.379 e. The van der Waals surface area contributed by atoms with Gasteiger partial charge in [0.05, 0.1) is 18.9 Å². The highest BCUT2D eigenvalue weighted by atomic mass is 16.5. The number of fused-ring (bicyclic) bond motifs is 4. The summed E-state index contributed by atoms with van der Waals surface area (Å²) in [5, 5.41) is 5.99. The lowest BCUT2D eigenvalue weighted by molar-refractivity contribution is 0.0468. The van der Waals surface area contributed by atoms with Crippen molar-refractivity contribution < 1.29 is 4.74 Å². The van der Waals surface area contributed by atoms with Crippen molar-refractivity contribution in [1.29, 1.82) is 0 Å². The van der Waals surface area contributed by atoms with Crippen molar-refractivity contribution in [2.45, 2.75) is 32.6 Å². The predicted molar refractivity (Wildman–Crippen MR) is 110 cm³/mol. The predicted octanol–water partition coefficient (Wildman–Crippen LogP) is 2.72. The molecule has 2 bridgehead atoms. The molecule has 2 aliphatic heterocycles. The average molecular weight is 380 g/mol. The molecule has 2 unspecified atom stereocenters. The zero-order valence-electron chi connectivity index (χ0n) is 16.6. The summed E-state index contributed by atoms with van der Waals surface area (Å²) in [4.78, 5) is 8.50. The molecule has 1 aromatic carbocycles. The first-order valence-corrected chi connectivity index (χ1v) is 10.4. The summed E-state index contributed by atoms with van der Waals surface area (Å²) in [6.07, 6.45) is 4.10. The van der Waals surface area contributed by atoms with E-state index in [9.17, 15) is 0 Å². The molecule has 0 saturated carbocycles. The summed E-state index contributed by atoms with van der Waals surface area (Å²) in [5.41, 5.74) is 3.77. The van der Waals surface area contributed by atoms with Crippen LogP contribution in [0.15, 0.2) is 42.7 Å². The van der Waals surface area contributed by atoms with E-state index >= 15 is 0 Å². The van der Waals surface area contributed by atoms with Crippen molar-refractivity contribution in [1.82, 2.24) is 24.6 Å². The quantitative estimate of drug-likeness (QED) is 0.741. The molecule has 6 nitrogen and oxygen atoms in total. The molecule has 2 aliphatic rings. The van der Waals surface area contributed by atoms with Gasteiger partial charge in [-0.25, -0.2) is 0 Å². The van der Waals surface area contributed by atoms with Gasteiger partial charge in [-0.3, -0.25) is 14.5 Å². The highest BCUT2D eigenvalue weighted by Gasteiger charge is 2.33. The zero-order chi connectivity index (χ0) is 18.9. The molecule has 0 amide bonds. The lowest BCUT2D eigenvalue weighted by atomic mass is 10.1. The summed E-state index contributed by atoms with van der Waals surface area (Å²) in [6, 6.07) is 11.5. The first-order valence-electron chi connectivity index (χ1n) is 10.4. The summed E-state index contributed by atoms with van der Waals surface area (Å²) in [6.45, 7) is 9.91. The number of aromatic nitrogens is 3. The van der Waals surface area contributed by atoms with Crippen molar-refractivity contribution in [2.75, 3.05) is 32.8 Å². The number of hydrogen-bond donors (Lipinski definition) is 1. The zero-order valence-corrected chi connectivity index (χ0v) is 16.6. The van der Waals surface area contributed by atoms with Gasteiger partial charge in [0.2, 0.25) is 0 Å². The Morgan fingerprint density at radius 3 is 2.96 bits per heavy atom. The van der Waals surface area contributed by atoms with Crippen molar-refractivity contribution in [3.05, 3.63) is 54.0 Å². The van der Waals surface area contributed by atoms with Crippen LogP contribution in [0.3, 0.4) is 0 Å². The fourth-order valence-corrected chi connectivity index (χ4v) is 4.68. The number of nitrogens with zero attached hydrogens (tertiary/aromatic N) is 4. The number of H-pyrrole nitrogens is 1. The Bertz CT molecular complexity index is 932. The molecule has 28 heavy (non-hydrogen) atoms. The summed E-state index contributed by atoms with van der Waals surface area (Å²) >= 11 is 0. The first kappa shape index (κ1) is 17.9. The molecular weight excluding hydrogens is 350 g/mol. The van der Waals surface area contributed by atoms with Crippen molar-refractivity contribution >= 4 is 10.9 Å². The van der Waals surface area contributed by atoms with Gasteiger partial charge in [-0.1, -0.05) is 6.07 Å². The van der Waals surface area contributed by atoms with Crippen LogP contribution >= 0.6 is 0 Å². The van der Waals surface area contributed by atoms with Gasteiger partial charge in [-0.2, -0.15) is 5.10 Å². The molecule has 4 heterocycles. The van der Waals surface area contributed by atoms with Gasteiger partial charge in [0, 0.05) is 69.1 Å². The summed E-state index contributed by atoms with van der Waals surface area (Å²) < 4.78 is 8.02. The van der Waals surface area contributed by atoms with Gasteiger partial charge in [0.25, 0.3) is 0 Å². The minimum atomic E-state index is 0.426. The van der Waals surface area contributed by atoms with Crippen molar-refractivity contribution in [3.63, 3.8) is 0 Å². The number of benzene rings is 1. The van der Waals surface area contributed by atoms with Crippen LogP contribution in [-0.4, -0.2) is 63.5 Å². The van der Waals surface area contributed by atoms with E-state index in [0.29, 0.717) is 12.0 Å². The Hall–Kier alpha value is -2.15. The number of nitrogens with one attached hydrogen (secondary N) is 1. The lowest BCUT2D eigenvalue weighted by Gasteiger charge is -2.31. The van der Waals surface area contributed by atoms with Gasteiger partial charge in [-0.15, -0.1) is 0 Å². The molecule has 5 rings (SSSR count). The van der Waals surface area contributed by atoms with Crippen LogP contribution in [0.1, 0.15) is 18.2 Å². The molecule has 0 aliphatic carbocycles. The van der Waals surface area contributed by atoms with Crippen LogP contribution in [0, 0.1) is 5.92 Å². The number of aromatic amines is 1. The molecule has 2 fully saturated rings. The van der Waals surface area contributed by atoms with E-state index in [2.05, 4.69) is 58.2 Å². The number of hydrogen-bond acceptors (Lipinski definition) is 4. The first-order chi connectivity index (χ1) is 13.8. The van der Waals surface area contributed by atoms with Crippen LogP contribution in [0.2, 0.25) is 0 Å². The maximum Gasteiger partial charge on any atom is 0.0764 e. The van der Waals surface area contributed by atoms with Gasteiger partial charge in [0.1, 0.15) is 0 Å². The second kappa shape index (κ2) is 7.70. The molecule has 148 valence electrons. The standard InChI is InChI=1S/C22H29N5O/c1-2-27-8-6-20(24-27)13-26-12-18-11-25(14-21(26)16-28-15-18)10-17-3-4-22-19(9-17)5-7-23-22/h3-9,18,21,23H,2,10-16H2,1H3. The van der Waals surface area contributed by atoms with E-state index in [1.54, 1.807) is 0 Å². The van der Waals surface area contributed by atoms with E-state index < -0.39 is 0 Å². The van der Waals surface area contributed by atoms with E-state index in [0.717, 1.165) is 52.5 Å². The highest BCUT2D eigenvalue weighted by Crippen LogP contribution is 2.23. The third kappa shape index (κ3) is 3.72. The third-order valence-corrected chi connectivity index (χ3v) is 6.07. The summed E-state index contributed by atoms with van der Waals surface area (Å²) in [7, 11) is 0. The van der Waals surface area contributed by atoms with E-state index in [1.807, 2.05) is 10.9 Å². The van der Waals surface area contributed by atoms with Gasteiger partial charge in [0.15, 0.2) is 0 Å². The van der Waals surface area contributed by atoms with Crippen LogP contribution in [0.5, 0.6) is 0 Å². The minimum Gasteiger partial charge on any atom is -0.379 e. The molecule has 2 saturated heterocycles. The molecule has 3 aromatic rings. The van der Waals surface area contributed by atoms with Gasteiger partial charge in [-0.05, 0) is 42.1 Å². The second-order valence-corrected chi connectivity index (χ2v) is 8.24. The maximum absolute atomic E-state index is 6.00. The van der Waals surface area contributed by atoms with E-state index in [4.69, 9.17) is 9.84 Å². The van der Waals surface area contributed by atoms with Crippen LogP contribution in [0.4, 0.5) is 0 Å². The van der Waals surface area contributed by atoms with E-state index in [1.165, 1.54) is 22.2 Å². The molecule has 1 N–H and O–H groups in total. The fourth-order valence-electron chi connectivity index (χ4n) is 4.68. The normalized spacial score (nSPS) is 23.9. The topological polar surface area (TPSA) is 49.3 Å². The monoisotopic (exact) mass is 379 g/mol. The van der Waals surface area contributed by atoms with Gasteiger partial charge >= 0.3 is 0 Å². The third-order valence-electron chi connectivity index (χ3n) is 6.07. The summed E-state index contributed by atoms with van der Waals surface area (Å²) in [5.74, 6) is 0.553. The highest BCUT2D eigenvalue weighted by molar-refractivity contribution is 5.79. The SMILES string of the molecule is CCn1ccc(CN2CC3COCC2CN(Cc2ccc4[nH]ccc4c2)C3)n1. The lowest BCUT2D eigenvalue weighted by Crippen LogP contribution is -2.43. The molecule has 0 spiro atoms. The smallest absolute Gasteiger partial charge is 0.0764 e. The molecular formula is C22H29N5O. The molecule has 0 radical (unpaired) electrons. The van der Waals surface area contributed by atoms with Crippen molar-refractivity contribution in [2.24, 2.45) is 5.92 Å². The van der Waals surface area contributed by atoms with Crippen molar-refractivity contribution in [3.8, 4) is 0 Å². The average Bonchev–Trinajstić information content (AvgIpc) is 3.25. The maximum atomic E-state index is 6.00. The minimum absolute atomic E-state index is 0.426. The van der Waals surface area contributed by atoms with E-state index in [-0.39, 0.29) is 0 Å². The van der Waals surface area contributed by atoms with Gasteiger partial charge < -0.3 is 9.72 Å². The van der Waals surface area contributed by atoms with Crippen LogP contribution in [0.25, 0.3) is 10.9 Å². The molecule has 2 aromatic heterocycles. The fraction of sp³-hybridized carbons (Fsp3) is 0.500. The Labute approximate surface area is 166 Å². The van der Waals surface area contributed by atoms with Crippen LogP contribution < -0.4 is 0 Å². The molecule has 6 heteroatoms. The second-order valence-electron chi connectivity index (χ2n) is 8.24. The Balaban J connectivity index is 1.31. The van der Waals surface area contributed by atoms with Crippen LogP contribution in [-0.2, 0) is 24.4 Å². The Kier molecular flexibility index (Phi) is 4.93. The number of ether oxygens (including phenoxy) is 1. The Morgan fingerprint density at radius 2 is 2.07 bits per heavy atom. The number of aryl methyl sites for hydroxylation is 1.